The maximum atomic E-state index is 13.5. The molecule has 0 aromatic heterocycles. The Balaban J connectivity index is 2.62. The van der Waals surface area contributed by atoms with Gasteiger partial charge in [0.15, 0.2) is 0 Å². The number of amides is 1. The molecule has 0 fully saturated rings. The summed E-state index contributed by atoms with van der Waals surface area (Å²) < 4.78 is 18.5. The third kappa shape index (κ3) is 5.36. The second-order valence-corrected chi connectivity index (χ2v) is 4.28. The number of nitrogens with zero attached hydrogens (tertiary/aromatic N) is 1. The molecular formula is C14H21FN2O2. The summed E-state index contributed by atoms with van der Waals surface area (Å²) in [4.78, 5) is 13.8. The molecule has 106 valence electrons. The van der Waals surface area contributed by atoms with Gasteiger partial charge in [0.1, 0.15) is 5.82 Å². The molecule has 1 rings (SSSR count). The number of hydrogen-bond acceptors (Lipinski definition) is 3. The highest BCUT2D eigenvalue weighted by Gasteiger charge is 2.15. The van der Waals surface area contributed by atoms with Gasteiger partial charge in [0, 0.05) is 20.2 Å². The van der Waals surface area contributed by atoms with Crippen LogP contribution in [0.1, 0.15) is 12.0 Å². The molecule has 4 nitrogen and oxygen atoms in total. The Labute approximate surface area is 113 Å². The topological polar surface area (TPSA) is 55.6 Å². The first-order chi connectivity index (χ1) is 9.19. The van der Waals surface area contributed by atoms with Gasteiger partial charge in [-0.2, -0.15) is 0 Å². The molecule has 0 saturated heterocycles. The van der Waals surface area contributed by atoms with Crippen LogP contribution in [0.25, 0.3) is 0 Å². The van der Waals surface area contributed by atoms with Crippen molar-refractivity contribution in [2.75, 3.05) is 33.4 Å². The van der Waals surface area contributed by atoms with E-state index in [1.54, 1.807) is 30.2 Å². The fourth-order valence-corrected chi connectivity index (χ4v) is 1.76. The molecule has 0 aliphatic carbocycles. The van der Waals surface area contributed by atoms with Crippen LogP contribution in [0.2, 0.25) is 0 Å². The van der Waals surface area contributed by atoms with Crippen LogP contribution in [-0.2, 0) is 16.0 Å². The molecule has 0 heterocycles. The van der Waals surface area contributed by atoms with Gasteiger partial charge in [-0.15, -0.1) is 0 Å². The minimum absolute atomic E-state index is 0.0704. The van der Waals surface area contributed by atoms with Gasteiger partial charge in [0.05, 0.1) is 13.0 Å². The van der Waals surface area contributed by atoms with Gasteiger partial charge >= 0.3 is 0 Å². The molecule has 0 saturated carbocycles. The number of rotatable bonds is 8. The lowest BCUT2D eigenvalue weighted by atomic mass is 10.1. The Morgan fingerprint density at radius 2 is 2.11 bits per heavy atom. The van der Waals surface area contributed by atoms with Crippen molar-refractivity contribution in [3.63, 3.8) is 0 Å². The molecule has 0 atom stereocenters. The second kappa shape index (κ2) is 8.61. The molecule has 1 aromatic carbocycles. The third-order valence-corrected chi connectivity index (χ3v) is 2.85. The molecular weight excluding hydrogens is 247 g/mol. The van der Waals surface area contributed by atoms with E-state index >= 15 is 0 Å². The number of carbonyl (C=O) groups is 1. The van der Waals surface area contributed by atoms with E-state index in [0.717, 1.165) is 6.42 Å². The highest BCUT2D eigenvalue weighted by Crippen LogP contribution is 2.09. The van der Waals surface area contributed by atoms with Crippen LogP contribution in [-0.4, -0.2) is 44.2 Å². The highest BCUT2D eigenvalue weighted by molar-refractivity contribution is 5.78. The molecule has 1 aromatic rings. The van der Waals surface area contributed by atoms with Gasteiger partial charge in [-0.05, 0) is 24.6 Å². The van der Waals surface area contributed by atoms with Gasteiger partial charge in [-0.1, -0.05) is 18.2 Å². The standard InChI is InChI=1S/C14H21FN2O2/c1-19-10-9-17(8-4-7-16)14(18)11-12-5-2-3-6-13(12)15/h2-3,5-6H,4,7-11,16H2,1H3. The predicted molar refractivity (Wildman–Crippen MR) is 72.2 cm³/mol. The molecule has 1 amide bonds. The van der Waals surface area contributed by atoms with Crippen molar-refractivity contribution in [1.29, 1.82) is 0 Å². The lowest BCUT2D eigenvalue weighted by Gasteiger charge is -2.22. The minimum Gasteiger partial charge on any atom is -0.383 e. The maximum absolute atomic E-state index is 13.5. The van der Waals surface area contributed by atoms with E-state index in [2.05, 4.69) is 0 Å². The molecule has 0 aliphatic heterocycles. The Kier molecular flexibility index (Phi) is 7.07. The number of hydrogen-bond donors (Lipinski definition) is 1. The molecule has 0 unspecified atom stereocenters. The number of halogens is 1. The summed E-state index contributed by atoms with van der Waals surface area (Å²) in [6, 6.07) is 6.33. The minimum atomic E-state index is -0.346. The summed E-state index contributed by atoms with van der Waals surface area (Å²) in [5.41, 5.74) is 5.87. The lowest BCUT2D eigenvalue weighted by Crippen LogP contribution is -2.36. The SMILES string of the molecule is COCCN(CCCN)C(=O)Cc1ccccc1F. The molecule has 2 N–H and O–H groups in total. The fourth-order valence-electron chi connectivity index (χ4n) is 1.76. The number of nitrogens with two attached hydrogens (primary N) is 1. The quantitative estimate of drug-likeness (QED) is 0.770. The zero-order valence-corrected chi connectivity index (χ0v) is 11.3. The Hall–Kier alpha value is -1.46. The summed E-state index contributed by atoms with van der Waals surface area (Å²) in [5.74, 6) is -0.447. The largest absolute Gasteiger partial charge is 0.383 e. The van der Waals surface area contributed by atoms with Gasteiger partial charge in [-0.25, -0.2) is 4.39 Å². The highest BCUT2D eigenvalue weighted by atomic mass is 19.1. The normalized spacial score (nSPS) is 10.5. The Morgan fingerprint density at radius 3 is 2.74 bits per heavy atom. The van der Waals surface area contributed by atoms with Crippen LogP contribution < -0.4 is 5.73 Å². The van der Waals surface area contributed by atoms with Crippen molar-refractivity contribution in [2.45, 2.75) is 12.8 Å². The predicted octanol–water partition coefficient (Wildman–Crippen LogP) is 1.19. The number of methoxy groups -OCH3 is 1. The van der Waals surface area contributed by atoms with Crippen molar-refractivity contribution >= 4 is 5.91 Å². The van der Waals surface area contributed by atoms with Gasteiger partial charge in [0.2, 0.25) is 5.91 Å². The first kappa shape index (κ1) is 15.6. The molecule has 0 aliphatic rings. The first-order valence-corrected chi connectivity index (χ1v) is 6.39. The van der Waals surface area contributed by atoms with E-state index in [-0.39, 0.29) is 18.1 Å². The molecule has 5 heteroatoms. The van der Waals surface area contributed by atoms with Gasteiger partial charge in [0.25, 0.3) is 0 Å². The molecule has 0 bridgehead atoms. The van der Waals surface area contributed by atoms with Crippen molar-refractivity contribution in [2.24, 2.45) is 5.73 Å². The maximum Gasteiger partial charge on any atom is 0.227 e. The molecule has 0 radical (unpaired) electrons. The van der Waals surface area contributed by atoms with Crippen molar-refractivity contribution in [3.05, 3.63) is 35.6 Å². The summed E-state index contributed by atoms with van der Waals surface area (Å²) >= 11 is 0. The van der Waals surface area contributed by atoms with Crippen molar-refractivity contribution in [3.8, 4) is 0 Å². The van der Waals surface area contributed by atoms with E-state index in [4.69, 9.17) is 10.5 Å². The molecule has 19 heavy (non-hydrogen) atoms. The first-order valence-electron chi connectivity index (χ1n) is 6.39. The second-order valence-electron chi connectivity index (χ2n) is 4.28. The zero-order valence-electron chi connectivity index (χ0n) is 11.3. The number of benzene rings is 1. The summed E-state index contributed by atoms with van der Waals surface area (Å²) in [5, 5.41) is 0. The van der Waals surface area contributed by atoms with Crippen molar-refractivity contribution < 1.29 is 13.9 Å². The zero-order chi connectivity index (χ0) is 14.1. The number of ether oxygens (including phenoxy) is 1. The fraction of sp³-hybridized carbons (Fsp3) is 0.500. The van der Waals surface area contributed by atoms with Crippen LogP contribution >= 0.6 is 0 Å². The number of carbonyl (C=O) groups excluding carboxylic acids is 1. The average molecular weight is 268 g/mol. The average Bonchev–Trinajstić information content (AvgIpc) is 2.41. The summed E-state index contributed by atoms with van der Waals surface area (Å²) in [6.45, 7) is 2.07. The van der Waals surface area contributed by atoms with E-state index in [1.807, 2.05) is 0 Å². The summed E-state index contributed by atoms with van der Waals surface area (Å²) in [7, 11) is 1.59. The van der Waals surface area contributed by atoms with Crippen LogP contribution in [0.5, 0.6) is 0 Å². The van der Waals surface area contributed by atoms with Crippen LogP contribution in [0.15, 0.2) is 24.3 Å². The molecule has 0 spiro atoms. The third-order valence-electron chi connectivity index (χ3n) is 2.85. The van der Waals surface area contributed by atoms with Crippen LogP contribution in [0, 0.1) is 5.82 Å². The van der Waals surface area contributed by atoms with E-state index in [9.17, 15) is 9.18 Å². The van der Waals surface area contributed by atoms with Gasteiger partial charge in [-0.3, -0.25) is 4.79 Å². The van der Waals surface area contributed by atoms with E-state index in [0.29, 0.717) is 31.8 Å². The van der Waals surface area contributed by atoms with Crippen LogP contribution in [0.3, 0.4) is 0 Å². The Morgan fingerprint density at radius 1 is 1.37 bits per heavy atom. The summed E-state index contributed by atoms with van der Waals surface area (Å²) in [6.07, 6.45) is 0.799. The van der Waals surface area contributed by atoms with Crippen molar-refractivity contribution in [1.82, 2.24) is 4.90 Å². The van der Waals surface area contributed by atoms with E-state index in [1.165, 1.54) is 6.07 Å². The van der Waals surface area contributed by atoms with E-state index < -0.39 is 0 Å². The lowest BCUT2D eigenvalue weighted by molar-refractivity contribution is -0.131. The monoisotopic (exact) mass is 268 g/mol. The van der Waals surface area contributed by atoms with Crippen LogP contribution in [0.4, 0.5) is 4.39 Å². The Bertz CT molecular complexity index is 391. The smallest absolute Gasteiger partial charge is 0.227 e. The van der Waals surface area contributed by atoms with Gasteiger partial charge < -0.3 is 15.4 Å².